The van der Waals surface area contributed by atoms with Gasteiger partial charge in [-0.3, -0.25) is 0 Å². The van der Waals surface area contributed by atoms with E-state index in [9.17, 15) is 8.42 Å². The molecule has 1 aromatic heterocycles. The normalized spacial score (nSPS) is 26.9. The number of aromatic nitrogens is 3. The highest BCUT2D eigenvalue weighted by Crippen LogP contribution is 2.38. The van der Waals surface area contributed by atoms with Crippen molar-refractivity contribution in [1.82, 2.24) is 19.1 Å². The van der Waals surface area contributed by atoms with E-state index in [2.05, 4.69) is 20.1 Å². The Labute approximate surface area is 206 Å². The van der Waals surface area contributed by atoms with Gasteiger partial charge in [-0.1, -0.05) is 36.4 Å². The van der Waals surface area contributed by atoms with Gasteiger partial charge in [-0.25, -0.2) is 12.8 Å². The highest BCUT2D eigenvalue weighted by atomic mass is 32.2. The van der Waals surface area contributed by atoms with Crippen LogP contribution in [0.25, 0.3) is 0 Å². The van der Waals surface area contributed by atoms with E-state index in [-0.39, 0.29) is 24.4 Å². The molecule has 186 valence electrons. The van der Waals surface area contributed by atoms with Crippen LogP contribution < -0.4 is 5.32 Å². The minimum Gasteiger partial charge on any atom is -0.382 e. The van der Waals surface area contributed by atoms with Crippen molar-refractivity contribution in [3.05, 3.63) is 78.1 Å². The Hall–Kier alpha value is -2.78. The van der Waals surface area contributed by atoms with Crippen LogP contribution in [-0.2, 0) is 16.6 Å². The highest BCUT2D eigenvalue weighted by Gasteiger charge is 2.40. The fraction of sp³-hybridized carbons (Fsp3) is 0.462. The van der Waals surface area contributed by atoms with Crippen molar-refractivity contribution in [2.45, 2.75) is 75.4 Å². The Morgan fingerprint density at radius 1 is 0.971 bits per heavy atom. The number of rotatable bonds is 6. The molecule has 2 fully saturated rings. The molecule has 5 rings (SSSR count). The summed E-state index contributed by atoms with van der Waals surface area (Å²) in [5, 5.41) is 10.7. The van der Waals surface area contributed by atoms with Crippen molar-refractivity contribution in [2.75, 3.05) is 5.32 Å². The van der Waals surface area contributed by atoms with Crippen molar-refractivity contribution in [1.29, 1.82) is 0 Å². The summed E-state index contributed by atoms with van der Waals surface area (Å²) in [4.78, 5) is 0. The highest BCUT2D eigenvalue weighted by molar-refractivity contribution is 7.89. The van der Waals surface area contributed by atoms with Crippen molar-refractivity contribution >= 4 is 15.7 Å². The Bertz CT molecular complexity index is 1230. The summed E-state index contributed by atoms with van der Waals surface area (Å²) >= 11 is 0. The maximum absolute atomic E-state index is 15.1. The molecule has 2 atom stereocenters. The number of anilines is 1. The minimum atomic E-state index is -3.60. The van der Waals surface area contributed by atoms with Crippen LogP contribution >= 0.6 is 0 Å². The fourth-order valence-electron chi connectivity index (χ4n) is 5.44. The zero-order valence-electron chi connectivity index (χ0n) is 19.9. The molecule has 2 aromatic carbocycles. The van der Waals surface area contributed by atoms with Gasteiger partial charge < -0.3 is 9.88 Å². The first-order valence-corrected chi connectivity index (χ1v) is 13.9. The van der Waals surface area contributed by atoms with Crippen molar-refractivity contribution in [3.63, 3.8) is 0 Å². The molecule has 1 N–H and O–H groups in total. The lowest BCUT2D eigenvalue weighted by atomic mass is 9.91. The smallest absolute Gasteiger partial charge is 0.221 e. The predicted octanol–water partition coefficient (Wildman–Crippen LogP) is 5.07. The maximum Gasteiger partial charge on any atom is 0.221 e. The summed E-state index contributed by atoms with van der Waals surface area (Å²) in [6, 6.07) is 14.9. The van der Waals surface area contributed by atoms with E-state index in [1.165, 1.54) is 10.4 Å². The zero-order chi connectivity index (χ0) is 24.4. The SMILES string of the molecule is C[C@H]1CCC(c2ccccc2)S(=O)(=O)N1Cc1ccc(N[C@H]2CC[C@@H](n3cnnc3)CC2)cc1F. The Balaban J connectivity index is 1.25. The molecule has 1 aliphatic heterocycles. The van der Waals surface area contributed by atoms with Crippen molar-refractivity contribution in [2.24, 2.45) is 0 Å². The average molecular weight is 498 g/mol. The van der Waals surface area contributed by atoms with Gasteiger partial charge in [0.1, 0.15) is 23.7 Å². The van der Waals surface area contributed by atoms with Crippen LogP contribution in [0.1, 0.15) is 67.9 Å². The summed E-state index contributed by atoms with van der Waals surface area (Å²) in [6.45, 7) is 1.95. The summed E-state index contributed by atoms with van der Waals surface area (Å²) < 4.78 is 45.6. The van der Waals surface area contributed by atoms with Gasteiger partial charge in [0.25, 0.3) is 0 Å². The molecule has 7 nitrogen and oxygen atoms in total. The van der Waals surface area contributed by atoms with E-state index >= 15 is 4.39 Å². The molecular weight excluding hydrogens is 465 g/mol. The molecule has 2 aliphatic rings. The van der Waals surface area contributed by atoms with E-state index in [1.807, 2.05) is 43.3 Å². The monoisotopic (exact) mass is 497 g/mol. The first-order chi connectivity index (χ1) is 16.9. The standard InChI is InChI=1S/C26H32FN5O2S/c1-19-7-14-26(20-5-3-2-4-6-20)35(33,34)32(19)16-21-8-9-23(15-25(21)27)30-22-10-12-24(13-11-22)31-17-28-29-18-31/h2-6,8-9,15,17-19,22,24,26,30H,7,10-14,16H2,1H3/t19-,22-,24+,26?/m0/s1. The fourth-order valence-corrected chi connectivity index (χ4v) is 7.62. The van der Waals surface area contributed by atoms with Gasteiger partial charge in [-0.05, 0) is 63.1 Å². The molecule has 0 spiro atoms. The Morgan fingerprint density at radius 2 is 1.69 bits per heavy atom. The third kappa shape index (κ3) is 5.11. The molecule has 0 radical (unpaired) electrons. The van der Waals surface area contributed by atoms with Crippen molar-refractivity contribution < 1.29 is 12.8 Å². The average Bonchev–Trinajstić information content (AvgIpc) is 3.39. The van der Waals surface area contributed by atoms with Gasteiger partial charge in [0.05, 0.1) is 0 Å². The molecule has 1 saturated carbocycles. The molecule has 9 heteroatoms. The summed E-state index contributed by atoms with van der Waals surface area (Å²) in [5.74, 6) is -0.377. The lowest BCUT2D eigenvalue weighted by molar-refractivity contribution is 0.279. The maximum atomic E-state index is 15.1. The van der Waals surface area contributed by atoms with Crippen LogP contribution in [0.2, 0.25) is 0 Å². The third-order valence-electron chi connectivity index (χ3n) is 7.50. The number of hydrogen-bond donors (Lipinski definition) is 1. The summed E-state index contributed by atoms with van der Waals surface area (Å²) in [6.07, 6.45) is 8.85. The van der Waals surface area contributed by atoms with E-state index in [0.717, 1.165) is 43.4 Å². The quantitative estimate of drug-likeness (QED) is 0.514. The Morgan fingerprint density at radius 3 is 2.37 bits per heavy atom. The minimum absolute atomic E-state index is 0.0446. The van der Waals surface area contributed by atoms with Crippen LogP contribution in [0, 0.1) is 5.82 Å². The molecular formula is C26H32FN5O2S. The molecule has 1 unspecified atom stereocenters. The largest absolute Gasteiger partial charge is 0.382 e. The predicted molar refractivity (Wildman–Crippen MR) is 134 cm³/mol. The Kier molecular flexibility index (Phi) is 6.88. The molecule has 35 heavy (non-hydrogen) atoms. The number of benzene rings is 2. The second kappa shape index (κ2) is 10.1. The van der Waals surface area contributed by atoms with E-state index in [0.29, 0.717) is 18.0 Å². The molecule has 1 saturated heterocycles. The van der Waals surface area contributed by atoms with Crippen molar-refractivity contribution in [3.8, 4) is 0 Å². The first kappa shape index (κ1) is 23.9. The van der Waals surface area contributed by atoms with Crippen LogP contribution in [0.15, 0.2) is 61.2 Å². The summed E-state index contributed by atoms with van der Waals surface area (Å²) in [7, 11) is -3.60. The second-order valence-electron chi connectivity index (χ2n) is 9.78. The second-order valence-corrected chi connectivity index (χ2v) is 11.8. The van der Waals surface area contributed by atoms with Crippen LogP contribution in [0.3, 0.4) is 0 Å². The molecule has 1 aliphatic carbocycles. The number of sulfonamides is 1. The number of hydrogen-bond acceptors (Lipinski definition) is 5. The molecule has 0 bridgehead atoms. The van der Waals surface area contributed by atoms with E-state index in [1.54, 1.807) is 18.7 Å². The van der Waals surface area contributed by atoms with Gasteiger partial charge >= 0.3 is 0 Å². The molecule has 0 amide bonds. The number of halogens is 1. The van der Waals surface area contributed by atoms with E-state index < -0.39 is 15.3 Å². The lowest BCUT2D eigenvalue weighted by Crippen LogP contribution is -2.44. The van der Waals surface area contributed by atoms with E-state index in [4.69, 9.17) is 0 Å². The number of nitrogens with one attached hydrogen (secondary N) is 1. The van der Waals surface area contributed by atoms with Gasteiger partial charge in [0.15, 0.2) is 0 Å². The zero-order valence-corrected chi connectivity index (χ0v) is 20.7. The number of nitrogens with zero attached hydrogens (tertiary/aromatic N) is 4. The van der Waals surface area contributed by atoms with Crippen LogP contribution in [0.4, 0.5) is 10.1 Å². The summed E-state index contributed by atoms with van der Waals surface area (Å²) in [5.41, 5.74) is 1.93. The van der Waals surface area contributed by atoms with Gasteiger partial charge in [0.2, 0.25) is 10.0 Å². The van der Waals surface area contributed by atoms with Gasteiger partial charge in [-0.15, -0.1) is 10.2 Å². The van der Waals surface area contributed by atoms with Gasteiger partial charge in [-0.2, -0.15) is 4.31 Å². The first-order valence-electron chi connectivity index (χ1n) is 12.4. The van der Waals surface area contributed by atoms with Crippen LogP contribution in [-0.4, -0.2) is 39.6 Å². The van der Waals surface area contributed by atoms with Crippen LogP contribution in [0.5, 0.6) is 0 Å². The lowest BCUT2D eigenvalue weighted by Gasteiger charge is -2.37. The molecule has 2 heterocycles. The van der Waals surface area contributed by atoms with Gasteiger partial charge in [0, 0.05) is 35.9 Å². The third-order valence-corrected chi connectivity index (χ3v) is 9.87. The topological polar surface area (TPSA) is 80.1 Å². The molecule has 3 aromatic rings.